The average molecular weight is 199 g/mol. The van der Waals surface area contributed by atoms with Crippen LogP contribution in [0.5, 0.6) is 0 Å². The molecule has 0 saturated carbocycles. The van der Waals surface area contributed by atoms with Crippen LogP contribution in [0.1, 0.15) is 39.0 Å². The Morgan fingerprint density at radius 1 is 1.36 bits per heavy atom. The van der Waals surface area contributed by atoms with Crippen molar-refractivity contribution in [3.63, 3.8) is 0 Å². The Balaban J connectivity index is 3.36. The lowest BCUT2D eigenvalue weighted by molar-refractivity contribution is -0.137. The quantitative estimate of drug-likeness (QED) is 0.283. The first-order chi connectivity index (χ1) is 6.68. The molecule has 0 aliphatic carbocycles. The summed E-state index contributed by atoms with van der Waals surface area (Å²) in [6.07, 6.45) is 6.99. The van der Waals surface area contributed by atoms with Gasteiger partial charge < -0.3 is 5.73 Å². The van der Waals surface area contributed by atoms with Crippen molar-refractivity contribution < 1.29 is 9.59 Å². The van der Waals surface area contributed by atoms with E-state index in [0.717, 1.165) is 19.3 Å². The molecule has 0 bridgehead atoms. The molecule has 0 saturated heterocycles. The summed E-state index contributed by atoms with van der Waals surface area (Å²) in [4.78, 5) is 20.8. The van der Waals surface area contributed by atoms with E-state index in [4.69, 9.17) is 5.73 Å². The molecule has 0 aromatic carbocycles. The van der Waals surface area contributed by atoms with E-state index in [-0.39, 0.29) is 0 Å². The van der Waals surface area contributed by atoms with E-state index in [1.54, 1.807) is 6.21 Å². The number of carbonyl (C=O) groups excluding carboxylic acids is 2. The van der Waals surface area contributed by atoms with E-state index in [2.05, 4.69) is 12.0 Å². The summed E-state index contributed by atoms with van der Waals surface area (Å²) in [7, 11) is 0. The molecule has 5 heteroatoms. The maximum absolute atomic E-state index is 10.6. The van der Waals surface area contributed by atoms with Gasteiger partial charge in [-0.2, -0.15) is 5.10 Å². The van der Waals surface area contributed by atoms with Crippen LogP contribution in [0.4, 0.5) is 0 Å². The summed E-state index contributed by atoms with van der Waals surface area (Å²) in [5.41, 5.74) is 6.72. The number of hydrazone groups is 1. The van der Waals surface area contributed by atoms with Gasteiger partial charge in [-0.15, -0.1) is 0 Å². The minimum absolute atomic E-state index is 0.805. The molecule has 0 radical (unpaired) electrons. The number of amides is 2. The van der Waals surface area contributed by atoms with Crippen molar-refractivity contribution >= 4 is 18.0 Å². The molecule has 0 aliphatic rings. The molecule has 5 nitrogen and oxygen atoms in total. The number of nitrogens with zero attached hydrogens (tertiary/aromatic N) is 1. The van der Waals surface area contributed by atoms with Gasteiger partial charge in [-0.1, -0.05) is 26.2 Å². The normalized spacial score (nSPS) is 10.4. The van der Waals surface area contributed by atoms with Gasteiger partial charge in [0.15, 0.2) is 0 Å². The predicted octanol–water partition coefficient (Wildman–Crippen LogP) is 0.544. The van der Waals surface area contributed by atoms with Crippen molar-refractivity contribution in [1.29, 1.82) is 0 Å². The fourth-order valence-electron chi connectivity index (χ4n) is 0.886. The first kappa shape index (κ1) is 12.6. The Bertz CT molecular complexity index is 214. The van der Waals surface area contributed by atoms with Gasteiger partial charge in [0.25, 0.3) is 0 Å². The highest BCUT2D eigenvalue weighted by Crippen LogP contribution is 2.00. The molecule has 0 spiro atoms. The van der Waals surface area contributed by atoms with Crippen LogP contribution in [-0.2, 0) is 9.59 Å². The number of carbonyl (C=O) groups is 2. The lowest BCUT2D eigenvalue weighted by Crippen LogP contribution is -2.32. The molecule has 0 aromatic rings. The van der Waals surface area contributed by atoms with Crippen molar-refractivity contribution in [3.05, 3.63) is 0 Å². The zero-order chi connectivity index (χ0) is 10.8. The molecule has 80 valence electrons. The molecule has 0 heterocycles. The molecule has 0 unspecified atom stereocenters. The smallest absolute Gasteiger partial charge is 0.329 e. The fourth-order valence-corrected chi connectivity index (χ4v) is 0.886. The first-order valence-corrected chi connectivity index (χ1v) is 4.79. The number of unbranched alkanes of at least 4 members (excludes halogenated alkanes) is 4. The van der Waals surface area contributed by atoms with Crippen LogP contribution in [0.25, 0.3) is 0 Å². The third-order valence-corrected chi connectivity index (χ3v) is 1.67. The van der Waals surface area contributed by atoms with Gasteiger partial charge in [0.05, 0.1) is 0 Å². The second-order valence-corrected chi connectivity index (χ2v) is 2.97. The second-order valence-electron chi connectivity index (χ2n) is 2.97. The summed E-state index contributed by atoms with van der Waals surface area (Å²) in [5, 5.41) is 3.56. The van der Waals surface area contributed by atoms with E-state index >= 15 is 0 Å². The average Bonchev–Trinajstić information content (AvgIpc) is 2.16. The van der Waals surface area contributed by atoms with Crippen LogP contribution in [0.15, 0.2) is 5.10 Å². The third-order valence-electron chi connectivity index (χ3n) is 1.67. The highest BCUT2D eigenvalue weighted by molar-refractivity contribution is 6.34. The van der Waals surface area contributed by atoms with Gasteiger partial charge in [-0.05, 0) is 12.8 Å². The van der Waals surface area contributed by atoms with Crippen LogP contribution in [-0.4, -0.2) is 18.0 Å². The molecule has 0 rings (SSSR count). The molecule has 2 amide bonds. The Morgan fingerprint density at radius 2 is 2.07 bits per heavy atom. The standard InChI is InChI=1S/C9H17N3O2/c1-2-3-4-5-6-7-11-12-9(14)8(10)13/h7H,2-6H2,1H3,(H2,10,13)(H,12,14). The van der Waals surface area contributed by atoms with E-state index in [9.17, 15) is 9.59 Å². The lowest BCUT2D eigenvalue weighted by atomic mass is 10.2. The topological polar surface area (TPSA) is 84.6 Å². The third kappa shape index (κ3) is 7.27. The fraction of sp³-hybridized carbons (Fsp3) is 0.667. The molecule has 0 aliphatic heterocycles. The minimum Gasteiger partial charge on any atom is -0.361 e. The molecule has 14 heavy (non-hydrogen) atoms. The number of primary amides is 1. The van der Waals surface area contributed by atoms with Crippen molar-refractivity contribution in [2.45, 2.75) is 39.0 Å². The van der Waals surface area contributed by atoms with Crippen LogP contribution < -0.4 is 11.2 Å². The maximum Gasteiger partial charge on any atom is 0.329 e. The predicted molar refractivity (Wildman–Crippen MR) is 54.6 cm³/mol. The SMILES string of the molecule is CCCCCCC=NNC(=O)C(N)=O. The van der Waals surface area contributed by atoms with Gasteiger partial charge in [-0.3, -0.25) is 9.59 Å². The molecule has 0 fully saturated rings. The Labute approximate surface area is 83.7 Å². The summed E-state index contributed by atoms with van der Waals surface area (Å²) in [6.45, 7) is 2.14. The zero-order valence-electron chi connectivity index (χ0n) is 8.45. The largest absolute Gasteiger partial charge is 0.361 e. The first-order valence-electron chi connectivity index (χ1n) is 4.79. The van der Waals surface area contributed by atoms with Crippen LogP contribution >= 0.6 is 0 Å². The summed E-state index contributed by atoms with van der Waals surface area (Å²) < 4.78 is 0. The molecular weight excluding hydrogens is 182 g/mol. The number of hydrogen-bond donors (Lipinski definition) is 2. The van der Waals surface area contributed by atoms with Crippen LogP contribution in [0, 0.1) is 0 Å². The van der Waals surface area contributed by atoms with Gasteiger partial charge in [0.1, 0.15) is 0 Å². The number of hydrogen-bond acceptors (Lipinski definition) is 3. The van der Waals surface area contributed by atoms with E-state index in [0.29, 0.717) is 0 Å². The van der Waals surface area contributed by atoms with E-state index in [1.807, 2.05) is 5.43 Å². The molecule has 3 N–H and O–H groups in total. The summed E-state index contributed by atoms with van der Waals surface area (Å²) in [5.74, 6) is -1.90. The number of rotatable bonds is 6. The van der Waals surface area contributed by atoms with Crippen molar-refractivity contribution in [3.8, 4) is 0 Å². The van der Waals surface area contributed by atoms with Gasteiger partial charge >= 0.3 is 11.8 Å². The van der Waals surface area contributed by atoms with E-state index in [1.165, 1.54) is 12.8 Å². The second kappa shape index (κ2) is 8.22. The molecule has 0 atom stereocenters. The number of nitrogens with two attached hydrogens (primary N) is 1. The summed E-state index contributed by atoms with van der Waals surface area (Å²) >= 11 is 0. The Morgan fingerprint density at radius 3 is 2.64 bits per heavy atom. The Hall–Kier alpha value is -1.39. The zero-order valence-corrected chi connectivity index (χ0v) is 8.45. The molecule has 0 aromatic heterocycles. The van der Waals surface area contributed by atoms with E-state index < -0.39 is 11.8 Å². The van der Waals surface area contributed by atoms with Crippen LogP contribution in [0.2, 0.25) is 0 Å². The van der Waals surface area contributed by atoms with Crippen molar-refractivity contribution in [1.82, 2.24) is 5.43 Å². The molecular formula is C9H17N3O2. The monoisotopic (exact) mass is 199 g/mol. The van der Waals surface area contributed by atoms with Gasteiger partial charge in [0.2, 0.25) is 0 Å². The van der Waals surface area contributed by atoms with Crippen LogP contribution in [0.3, 0.4) is 0 Å². The van der Waals surface area contributed by atoms with Crippen molar-refractivity contribution in [2.75, 3.05) is 0 Å². The van der Waals surface area contributed by atoms with Gasteiger partial charge in [0, 0.05) is 6.21 Å². The maximum atomic E-state index is 10.6. The summed E-state index contributed by atoms with van der Waals surface area (Å²) in [6, 6.07) is 0. The highest BCUT2D eigenvalue weighted by atomic mass is 16.2. The number of nitrogens with one attached hydrogen (secondary N) is 1. The highest BCUT2D eigenvalue weighted by Gasteiger charge is 2.04. The Kier molecular flexibility index (Phi) is 7.40. The lowest BCUT2D eigenvalue weighted by Gasteiger charge is -1.94. The minimum atomic E-state index is -1.02. The van der Waals surface area contributed by atoms with Crippen molar-refractivity contribution in [2.24, 2.45) is 10.8 Å². The van der Waals surface area contributed by atoms with Gasteiger partial charge in [-0.25, -0.2) is 5.43 Å².